The number of sulfonamides is 1. The van der Waals surface area contributed by atoms with Crippen LogP contribution in [-0.2, 0) is 14.8 Å². The standard InChI is InChI=1S/C23H22Cl2N2O3S/c1-15-4-9-20(10-5-15)31(29,30)27(22-13-19(25)7-6-16(22)2)14-23(28)26-21-11-8-18(24)12-17(21)3/h4-13H,14H2,1-3H3,(H,26,28). The summed E-state index contributed by atoms with van der Waals surface area (Å²) in [7, 11) is -4.02. The predicted octanol–water partition coefficient (Wildman–Crippen LogP) is 5.75. The van der Waals surface area contributed by atoms with Gasteiger partial charge in [-0.2, -0.15) is 0 Å². The van der Waals surface area contributed by atoms with Crippen molar-refractivity contribution >= 4 is 50.5 Å². The summed E-state index contributed by atoms with van der Waals surface area (Å²) in [6.07, 6.45) is 0. The molecule has 0 unspecified atom stereocenters. The highest BCUT2D eigenvalue weighted by molar-refractivity contribution is 7.92. The van der Waals surface area contributed by atoms with Crippen molar-refractivity contribution in [2.75, 3.05) is 16.2 Å². The van der Waals surface area contributed by atoms with E-state index in [4.69, 9.17) is 23.2 Å². The molecule has 8 heteroatoms. The molecule has 0 saturated carbocycles. The van der Waals surface area contributed by atoms with Gasteiger partial charge in [0.2, 0.25) is 5.91 Å². The number of carbonyl (C=O) groups excluding carboxylic acids is 1. The van der Waals surface area contributed by atoms with E-state index in [1.165, 1.54) is 12.1 Å². The maximum atomic E-state index is 13.5. The number of rotatable bonds is 6. The van der Waals surface area contributed by atoms with Gasteiger partial charge in [0.05, 0.1) is 10.6 Å². The first-order chi connectivity index (χ1) is 14.6. The Morgan fingerprint density at radius 2 is 1.48 bits per heavy atom. The molecule has 1 amide bonds. The van der Waals surface area contributed by atoms with Crippen molar-refractivity contribution in [3.05, 3.63) is 87.4 Å². The molecular weight excluding hydrogens is 455 g/mol. The zero-order valence-electron chi connectivity index (χ0n) is 17.3. The molecule has 0 atom stereocenters. The fourth-order valence-corrected chi connectivity index (χ4v) is 4.95. The van der Waals surface area contributed by atoms with E-state index >= 15 is 0 Å². The minimum atomic E-state index is -4.02. The van der Waals surface area contributed by atoms with Crippen LogP contribution >= 0.6 is 23.2 Å². The molecule has 0 spiro atoms. The summed E-state index contributed by atoms with van der Waals surface area (Å²) in [5.74, 6) is -0.486. The molecular formula is C23H22Cl2N2O3S. The SMILES string of the molecule is Cc1ccc(S(=O)(=O)N(CC(=O)Nc2ccc(Cl)cc2C)c2cc(Cl)ccc2C)cc1. The second-order valence-corrected chi connectivity index (χ2v) is 10.00. The first-order valence-electron chi connectivity index (χ1n) is 9.49. The third kappa shape index (κ3) is 5.39. The van der Waals surface area contributed by atoms with Gasteiger partial charge in [0.15, 0.2) is 0 Å². The van der Waals surface area contributed by atoms with Crippen LogP contribution in [0.2, 0.25) is 10.0 Å². The Bertz CT molecular complexity index is 1230. The molecule has 0 fully saturated rings. The van der Waals surface area contributed by atoms with Gasteiger partial charge >= 0.3 is 0 Å². The van der Waals surface area contributed by atoms with Crippen molar-refractivity contribution in [2.45, 2.75) is 25.7 Å². The number of amides is 1. The number of carbonyl (C=O) groups is 1. The molecule has 0 saturated heterocycles. The fourth-order valence-electron chi connectivity index (χ4n) is 3.08. The molecule has 0 bridgehead atoms. The Kier molecular flexibility index (Phi) is 6.94. The lowest BCUT2D eigenvalue weighted by Gasteiger charge is -2.26. The Morgan fingerprint density at radius 3 is 2.13 bits per heavy atom. The van der Waals surface area contributed by atoms with Crippen molar-refractivity contribution in [1.82, 2.24) is 0 Å². The van der Waals surface area contributed by atoms with Crippen LogP contribution in [0.25, 0.3) is 0 Å². The van der Waals surface area contributed by atoms with Gasteiger partial charge in [-0.1, -0.05) is 47.0 Å². The van der Waals surface area contributed by atoms with Gasteiger partial charge in [0, 0.05) is 15.7 Å². The van der Waals surface area contributed by atoms with Gasteiger partial charge < -0.3 is 5.32 Å². The quantitative estimate of drug-likeness (QED) is 0.492. The van der Waals surface area contributed by atoms with E-state index in [1.54, 1.807) is 55.5 Å². The number of hydrogen-bond donors (Lipinski definition) is 1. The molecule has 31 heavy (non-hydrogen) atoms. The lowest BCUT2D eigenvalue weighted by molar-refractivity contribution is -0.114. The third-order valence-electron chi connectivity index (χ3n) is 4.80. The second kappa shape index (κ2) is 9.30. The van der Waals surface area contributed by atoms with E-state index < -0.39 is 22.5 Å². The maximum absolute atomic E-state index is 13.5. The molecule has 3 aromatic rings. The van der Waals surface area contributed by atoms with Crippen LogP contribution < -0.4 is 9.62 Å². The molecule has 3 aromatic carbocycles. The largest absolute Gasteiger partial charge is 0.324 e. The summed E-state index contributed by atoms with van der Waals surface area (Å²) in [5, 5.41) is 3.69. The molecule has 0 aliphatic carbocycles. The molecule has 5 nitrogen and oxygen atoms in total. The minimum absolute atomic E-state index is 0.0907. The third-order valence-corrected chi connectivity index (χ3v) is 7.04. The van der Waals surface area contributed by atoms with Crippen molar-refractivity contribution < 1.29 is 13.2 Å². The monoisotopic (exact) mass is 476 g/mol. The Balaban J connectivity index is 2.00. The highest BCUT2D eigenvalue weighted by atomic mass is 35.5. The summed E-state index contributed by atoms with van der Waals surface area (Å²) in [6.45, 7) is 5.03. The summed E-state index contributed by atoms with van der Waals surface area (Å²) < 4.78 is 28.1. The molecule has 162 valence electrons. The van der Waals surface area contributed by atoms with Crippen molar-refractivity contribution in [3.8, 4) is 0 Å². The number of halogens is 2. The van der Waals surface area contributed by atoms with Gasteiger partial charge in [-0.3, -0.25) is 9.10 Å². The van der Waals surface area contributed by atoms with Crippen LogP contribution in [0.4, 0.5) is 11.4 Å². The first kappa shape index (κ1) is 23.1. The maximum Gasteiger partial charge on any atom is 0.264 e. The lowest BCUT2D eigenvalue weighted by Crippen LogP contribution is -2.38. The number of nitrogens with zero attached hydrogens (tertiary/aromatic N) is 1. The van der Waals surface area contributed by atoms with E-state index in [0.717, 1.165) is 15.4 Å². The Hall–Kier alpha value is -2.54. The molecule has 0 radical (unpaired) electrons. The van der Waals surface area contributed by atoms with E-state index in [9.17, 15) is 13.2 Å². The number of aryl methyl sites for hydroxylation is 3. The second-order valence-electron chi connectivity index (χ2n) is 7.26. The summed E-state index contributed by atoms with van der Waals surface area (Å²) >= 11 is 12.1. The van der Waals surface area contributed by atoms with Crippen LogP contribution in [-0.4, -0.2) is 20.9 Å². The summed E-state index contributed by atoms with van der Waals surface area (Å²) in [6, 6.07) is 16.5. The van der Waals surface area contributed by atoms with Crippen LogP contribution in [0, 0.1) is 20.8 Å². The average molecular weight is 477 g/mol. The van der Waals surface area contributed by atoms with Gasteiger partial charge in [-0.25, -0.2) is 8.42 Å². The molecule has 0 aliphatic rings. The summed E-state index contributed by atoms with van der Waals surface area (Å²) in [5.41, 5.74) is 3.28. The summed E-state index contributed by atoms with van der Waals surface area (Å²) in [4.78, 5) is 13.0. The van der Waals surface area contributed by atoms with Gasteiger partial charge in [0.1, 0.15) is 6.54 Å². The molecule has 0 aromatic heterocycles. The Labute approximate surface area is 192 Å². The van der Waals surface area contributed by atoms with E-state index in [0.29, 0.717) is 27.0 Å². The molecule has 0 aliphatic heterocycles. The molecule has 0 heterocycles. The fraction of sp³-hybridized carbons (Fsp3) is 0.174. The smallest absolute Gasteiger partial charge is 0.264 e. The first-order valence-corrected chi connectivity index (χ1v) is 11.7. The van der Waals surface area contributed by atoms with E-state index in [1.807, 2.05) is 13.8 Å². The van der Waals surface area contributed by atoms with Crippen LogP contribution in [0.1, 0.15) is 16.7 Å². The van der Waals surface area contributed by atoms with Crippen LogP contribution in [0.3, 0.4) is 0 Å². The number of benzene rings is 3. The normalized spacial score (nSPS) is 11.3. The topological polar surface area (TPSA) is 66.5 Å². The van der Waals surface area contributed by atoms with Crippen LogP contribution in [0.15, 0.2) is 65.6 Å². The molecule has 3 rings (SSSR count). The van der Waals surface area contributed by atoms with E-state index in [-0.39, 0.29) is 4.90 Å². The number of nitrogens with one attached hydrogen (secondary N) is 1. The van der Waals surface area contributed by atoms with E-state index in [2.05, 4.69) is 5.32 Å². The van der Waals surface area contributed by atoms with Crippen molar-refractivity contribution in [2.24, 2.45) is 0 Å². The molecule has 1 N–H and O–H groups in total. The van der Waals surface area contributed by atoms with Crippen LogP contribution in [0.5, 0.6) is 0 Å². The highest BCUT2D eigenvalue weighted by Crippen LogP contribution is 2.30. The van der Waals surface area contributed by atoms with Gasteiger partial charge in [-0.05, 0) is 74.4 Å². The van der Waals surface area contributed by atoms with Gasteiger partial charge in [-0.15, -0.1) is 0 Å². The minimum Gasteiger partial charge on any atom is -0.324 e. The van der Waals surface area contributed by atoms with Gasteiger partial charge in [0.25, 0.3) is 10.0 Å². The average Bonchev–Trinajstić information content (AvgIpc) is 2.70. The number of hydrogen-bond acceptors (Lipinski definition) is 3. The zero-order valence-corrected chi connectivity index (χ0v) is 19.6. The van der Waals surface area contributed by atoms with Crippen molar-refractivity contribution in [3.63, 3.8) is 0 Å². The lowest BCUT2D eigenvalue weighted by atomic mass is 10.2. The number of anilines is 2. The highest BCUT2D eigenvalue weighted by Gasteiger charge is 2.28. The predicted molar refractivity (Wildman–Crippen MR) is 127 cm³/mol. The van der Waals surface area contributed by atoms with Crippen molar-refractivity contribution in [1.29, 1.82) is 0 Å². The Morgan fingerprint density at radius 1 is 0.871 bits per heavy atom. The zero-order chi connectivity index (χ0) is 22.8.